The minimum Gasteiger partial charge on any atom is -0.497 e. The molecule has 5 nitrogen and oxygen atoms in total. The lowest BCUT2D eigenvalue weighted by Crippen LogP contribution is -1.97. The van der Waals surface area contributed by atoms with Crippen LogP contribution in [0.2, 0.25) is 0 Å². The van der Waals surface area contributed by atoms with Crippen LogP contribution in [-0.4, -0.2) is 17.9 Å². The van der Waals surface area contributed by atoms with Crippen molar-refractivity contribution in [2.75, 3.05) is 7.11 Å². The van der Waals surface area contributed by atoms with Crippen molar-refractivity contribution in [1.29, 1.82) is 5.26 Å². The van der Waals surface area contributed by atoms with E-state index in [4.69, 9.17) is 14.7 Å². The predicted molar refractivity (Wildman–Crippen MR) is 88.9 cm³/mol. The summed E-state index contributed by atoms with van der Waals surface area (Å²) in [5.41, 5.74) is 2.70. The van der Waals surface area contributed by atoms with E-state index in [1.54, 1.807) is 31.4 Å². The second-order valence-electron chi connectivity index (χ2n) is 5.42. The van der Waals surface area contributed by atoms with Crippen LogP contribution in [0.5, 0.6) is 11.5 Å². The third-order valence-corrected chi connectivity index (χ3v) is 4.01. The molecule has 1 aromatic heterocycles. The molecule has 5 heteroatoms. The Morgan fingerprint density at radius 2 is 2.12 bits per heavy atom. The van der Waals surface area contributed by atoms with E-state index in [9.17, 15) is 4.79 Å². The van der Waals surface area contributed by atoms with Crippen molar-refractivity contribution in [1.82, 2.24) is 4.98 Å². The molecule has 0 spiro atoms. The average molecular weight is 316 g/mol. The molecule has 2 heterocycles. The molecule has 0 aliphatic carbocycles. The van der Waals surface area contributed by atoms with Crippen LogP contribution in [0.25, 0.3) is 17.0 Å². The average Bonchev–Trinajstić information content (AvgIpc) is 3.16. The Morgan fingerprint density at radius 1 is 1.25 bits per heavy atom. The number of ether oxygens (including phenoxy) is 2. The standard InChI is InChI=1S/C19H12N2O3/c1-23-13-3-5-16-15(8-13)12(10-21-16)7-18-19(22)14-4-2-11(9-20)6-17(14)24-18/h2-8,10,21H,1H3. The fourth-order valence-electron chi connectivity index (χ4n) is 2.77. The van der Waals surface area contributed by atoms with Gasteiger partial charge in [0.15, 0.2) is 5.76 Å². The van der Waals surface area contributed by atoms with Crippen molar-refractivity contribution in [2.45, 2.75) is 0 Å². The molecule has 0 atom stereocenters. The molecule has 0 amide bonds. The maximum Gasteiger partial charge on any atom is 0.231 e. The highest BCUT2D eigenvalue weighted by Gasteiger charge is 2.27. The number of benzene rings is 2. The fraction of sp³-hybridized carbons (Fsp3) is 0.0526. The smallest absolute Gasteiger partial charge is 0.231 e. The zero-order chi connectivity index (χ0) is 16.7. The Morgan fingerprint density at radius 3 is 2.92 bits per heavy atom. The molecule has 2 aromatic carbocycles. The molecule has 1 aliphatic heterocycles. The Labute approximate surface area is 137 Å². The van der Waals surface area contributed by atoms with Crippen LogP contribution in [0.15, 0.2) is 48.4 Å². The fourth-order valence-corrected chi connectivity index (χ4v) is 2.77. The number of nitriles is 1. The van der Waals surface area contributed by atoms with E-state index in [2.05, 4.69) is 4.98 Å². The summed E-state index contributed by atoms with van der Waals surface area (Å²) in [5.74, 6) is 1.21. The third-order valence-electron chi connectivity index (χ3n) is 4.01. The van der Waals surface area contributed by atoms with E-state index >= 15 is 0 Å². The lowest BCUT2D eigenvalue weighted by Gasteiger charge is -2.00. The molecular formula is C19H12N2O3. The Kier molecular flexibility index (Phi) is 3.10. The number of aromatic nitrogens is 1. The van der Waals surface area contributed by atoms with Crippen molar-refractivity contribution in [3.63, 3.8) is 0 Å². The first kappa shape index (κ1) is 14.1. The molecule has 0 radical (unpaired) electrons. The Hall–Kier alpha value is -3.52. The molecule has 24 heavy (non-hydrogen) atoms. The SMILES string of the molecule is COc1ccc2[nH]cc(C=C3Oc4cc(C#N)ccc4C3=O)c2c1. The summed E-state index contributed by atoms with van der Waals surface area (Å²) in [7, 11) is 1.61. The monoisotopic (exact) mass is 316 g/mol. The topological polar surface area (TPSA) is 75.1 Å². The number of nitrogens with zero attached hydrogens (tertiary/aromatic N) is 1. The van der Waals surface area contributed by atoms with Crippen LogP contribution >= 0.6 is 0 Å². The van der Waals surface area contributed by atoms with Gasteiger partial charge in [0.05, 0.1) is 24.3 Å². The van der Waals surface area contributed by atoms with Gasteiger partial charge < -0.3 is 14.5 Å². The summed E-state index contributed by atoms with van der Waals surface area (Å²) in [5, 5.41) is 9.89. The number of carbonyl (C=O) groups is 1. The third kappa shape index (κ3) is 2.13. The van der Waals surface area contributed by atoms with E-state index in [1.165, 1.54) is 0 Å². The van der Waals surface area contributed by atoms with Crippen molar-refractivity contribution in [3.05, 3.63) is 65.0 Å². The van der Waals surface area contributed by atoms with Gasteiger partial charge >= 0.3 is 0 Å². The lowest BCUT2D eigenvalue weighted by atomic mass is 10.1. The molecule has 3 aromatic rings. The molecule has 0 saturated heterocycles. The Bertz CT molecular complexity index is 1050. The minimum absolute atomic E-state index is 0.188. The molecule has 4 rings (SSSR count). The molecular weight excluding hydrogens is 304 g/mol. The summed E-state index contributed by atoms with van der Waals surface area (Å²) in [6.45, 7) is 0. The highest BCUT2D eigenvalue weighted by molar-refractivity contribution is 6.15. The van der Waals surface area contributed by atoms with Gasteiger partial charge in [0.2, 0.25) is 5.78 Å². The van der Waals surface area contributed by atoms with E-state index < -0.39 is 0 Å². The first-order valence-electron chi connectivity index (χ1n) is 7.33. The van der Waals surface area contributed by atoms with E-state index in [-0.39, 0.29) is 11.5 Å². The number of methoxy groups -OCH3 is 1. The zero-order valence-corrected chi connectivity index (χ0v) is 12.8. The summed E-state index contributed by atoms with van der Waals surface area (Å²) < 4.78 is 10.9. The summed E-state index contributed by atoms with van der Waals surface area (Å²) in [6.07, 6.45) is 3.52. The number of H-pyrrole nitrogens is 1. The van der Waals surface area contributed by atoms with Crippen LogP contribution in [0.3, 0.4) is 0 Å². The number of nitrogens with one attached hydrogen (secondary N) is 1. The minimum atomic E-state index is -0.188. The zero-order valence-electron chi connectivity index (χ0n) is 12.8. The van der Waals surface area contributed by atoms with Gasteiger partial charge in [-0.2, -0.15) is 5.26 Å². The number of hydrogen-bond donors (Lipinski definition) is 1. The van der Waals surface area contributed by atoms with Gasteiger partial charge in [-0.1, -0.05) is 0 Å². The number of fused-ring (bicyclic) bond motifs is 2. The summed E-state index contributed by atoms with van der Waals surface area (Å²) in [6, 6.07) is 12.5. The highest BCUT2D eigenvalue weighted by atomic mass is 16.5. The number of hydrogen-bond acceptors (Lipinski definition) is 4. The number of aromatic amines is 1. The molecule has 0 unspecified atom stereocenters. The van der Waals surface area contributed by atoms with Crippen molar-refractivity contribution in [2.24, 2.45) is 0 Å². The summed E-state index contributed by atoms with van der Waals surface area (Å²) >= 11 is 0. The van der Waals surface area contributed by atoms with Crippen LogP contribution < -0.4 is 9.47 Å². The van der Waals surface area contributed by atoms with Crippen LogP contribution in [0, 0.1) is 11.3 Å². The van der Waals surface area contributed by atoms with Crippen molar-refractivity contribution in [3.8, 4) is 17.6 Å². The van der Waals surface area contributed by atoms with Crippen molar-refractivity contribution >= 4 is 22.8 Å². The second-order valence-corrected chi connectivity index (χ2v) is 5.42. The normalized spacial score (nSPS) is 14.5. The molecule has 1 aliphatic rings. The van der Waals surface area contributed by atoms with E-state index in [0.29, 0.717) is 16.9 Å². The predicted octanol–water partition coefficient (Wildman–Crippen LogP) is 3.66. The molecule has 1 N–H and O–H groups in total. The number of allylic oxidation sites excluding steroid dienone is 1. The molecule has 0 saturated carbocycles. The lowest BCUT2D eigenvalue weighted by molar-refractivity contribution is 0.101. The Balaban J connectivity index is 1.77. The second kappa shape index (κ2) is 5.28. The van der Waals surface area contributed by atoms with E-state index in [1.807, 2.05) is 30.5 Å². The van der Waals surface area contributed by atoms with Gasteiger partial charge in [0, 0.05) is 22.7 Å². The maximum atomic E-state index is 12.5. The van der Waals surface area contributed by atoms with Gasteiger partial charge in [-0.15, -0.1) is 0 Å². The largest absolute Gasteiger partial charge is 0.497 e. The first-order valence-corrected chi connectivity index (χ1v) is 7.33. The van der Waals surface area contributed by atoms with Crippen LogP contribution in [0.4, 0.5) is 0 Å². The van der Waals surface area contributed by atoms with Crippen molar-refractivity contribution < 1.29 is 14.3 Å². The van der Waals surface area contributed by atoms with Gasteiger partial charge in [0.1, 0.15) is 11.5 Å². The van der Waals surface area contributed by atoms with E-state index in [0.717, 1.165) is 22.2 Å². The number of Topliss-reactive ketones (excluding diaryl/α,β-unsaturated/α-hetero) is 1. The quantitative estimate of drug-likeness (QED) is 0.732. The molecule has 0 fully saturated rings. The number of rotatable bonds is 2. The number of carbonyl (C=O) groups excluding carboxylic acids is 1. The highest BCUT2D eigenvalue weighted by Crippen LogP contribution is 2.34. The van der Waals surface area contributed by atoms with Gasteiger partial charge in [0.25, 0.3) is 0 Å². The molecule has 0 bridgehead atoms. The van der Waals surface area contributed by atoms with Gasteiger partial charge in [-0.05, 0) is 42.5 Å². The van der Waals surface area contributed by atoms with Crippen LogP contribution in [-0.2, 0) is 0 Å². The van der Waals surface area contributed by atoms with Crippen LogP contribution in [0.1, 0.15) is 21.5 Å². The van der Waals surface area contributed by atoms with Gasteiger partial charge in [-0.25, -0.2) is 0 Å². The molecule has 116 valence electrons. The maximum absolute atomic E-state index is 12.5. The first-order chi connectivity index (χ1) is 11.7. The summed E-state index contributed by atoms with van der Waals surface area (Å²) in [4.78, 5) is 15.6. The van der Waals surface area contributed by atoms with Gasteiger partial charge in [-0.3, -0.25) is 4.79 Å². The number of ketones is 1.